The quantitative estimate of drug-likeness (QED) is 0.630. The van der Waals surface area contributed by atoms with Gasteiger partial charge in [-0.2, -0.15) is 0 Å². The summed E-state index contributed by atoms with van der Waals surface area (Å²) in [5.74, 6) is -0.291. The summed E-state index contributed by atoms with van der Waals surface area (Å²) in [5, 5.41) is 2.76. The Bertz CT molecular complexity index is 947. The lowest BCUT2D eigenvalue weighted by atomic mass is 9.90. The number of carbonyl (C=O) groups excluding carboxylic acids is 3. The number of nitrogens with zero attached hydrogens (tertiary/aromatic N) is 1. The van der Waals surface area contributed by atoms with Crippen LogP contribution in [-0.4, -0.2) is 29.2 Å². The molecule has 0 aromatic heterocycles. The summed E-state index contributed by atoms with van der Waals surface area (Å²) in [6.07, 6.45) is 0. The number of urea groups is 1. The maximum atomic E-state index is 13.0. The first-order chi connectivity index (χ1) is 13.1. The third-order valence-electron chi connectivity index (χ3n) is 5.56. The summed E-state index contributed by atoms with van der Waals surface area (Å²) in [7, 11) is 0. The van der Waals surface area contributed by atoms with E-state index in [1.165, 1.54) is 0 Å². The minimum atomic E-state index is -1.17. The highest BCUT2D eigenvalue weighted by Crippen LogP contribution is 2.30. The topological polar surface area (TPSA) is 66.5 Å². The van der Waals surface area contributed by atoms with Gasteiger partial charge in [0.05, 0.1) is 6.54 Å². The Morgan fingerprint density at radius 1 is 1.04 bits per heavy atom. The fourth-order valence-corrected chi connectivity index (χ4v) is 3.39. The van der Waals surface area contributed by atoms with Crippen LogP contribution in [0.1, 0.15) is 59.3 Å². The van der Waals surface area contributed by atoms with Crippen LogP contribution in [0.25, 0.3) is 0 Å². The Morgan fingerprint density at radius 2 is 1.68 bits per heavy atom. The van der Waals surface area contributed by atoms with E-state index in [0.29, 0.717) is 17.0 Å². The number of nitrogens with one attached hydrogen (secondary N) is 1. The molecule has 0 saturated carbocycles. The van der Waals surface area contributed by atoms with Gasteiger partial charge in [0.25, 0.3) is 5.91 Å². The molecule has 1 heterocycles. The van der Waals surface area contributed by atoms with E-state index in [1.807, 2.05) is 44.2 Å². The number of rotatable bonds is 5. The molecule has 1 aliphatic heterocycles. The Kier molecular flexibility index (Phi) is 5.11. The van der Waals surface area contributed by atoms with Gasteiger partial charge < -0.3 is 5.32 Å². The average molecular weight is 378 g/mol. The second-order valence-electron chi connectivity index (χ2n) is 7.95. The van der Waals surface area contributed by atoms with Crippen LogP contribution < -0.4 is 5.32 Å². The van der Waals surface area contributed by atoms with Gasteiger partial charge in [0.15, 0.2) is 5.78 Å². The maximum absolute atomic E-state index is 13.0. The Balaban J connectivity index is 1.82. The predicted octanol–water partition coefficient (Wildman–Crippen LogP) is 4.08. The number of aryl methyl sites for hydroxylation is 2. The molecule has 1 atom stereocenters. The zero-order valence-electron chi connectivity index (χ0n) is 17.0. The summed E-state index contributed by atoms with van der Waals surface area (Å²) in [6, 6.07) is 12.5. The fraction of sp³-hybridized carbons (Fsp3) is 0.348. The van der Waals surface area contributed by atoms with Crippen LogP contribution in [0.4, 0.5) is 4.79 Å². The average Bonchev–Trinajstić information content (AvgIpc) is 2.88. The Labute approximate surface area is 165 Å². The van der Waals surface area contributed by atoms with Crippen molar-refractivity contribution in [2.75, 3.05) is 6.54 Å². The standard InChI is InChI=1S/C23H26N2O3/c1-14(2)17-8-10-19(11-9-17)23(5)21(27)25(22(28)24-23)13-20(26)18-7-6-15(3)16(4)12-18/h6-12,14H,13H2,1-5H3,(H,24,28). The number of hydrogen-bond donors (Lipinski definition) is 1. The van der Waals surface area contributed by atoms with Crippen molar-refractivity contribution >= 4 is 17.7 Å². The molecule has 1 N–H and O–H groups in total. The molecule has 1 unspecified atom stereocenters. The van der Waals surface area contributed by atoms with E-state index in [0.717, 1.165) is 21.6 Å². The van der Waals surface area contributed by atoms with Crippen molar-refractivity contribution < 1.29 is 14.4 Å². The molecular formula is C23H26N2O3. The van der Waals surface area contributed by atoms with Crippen molar-refractivity contribution in [3.05, 3.63) is 70.3 Å². The van der Waals surface area contributed by atoms with Gasteiger partial charge in [-0.15, -0.1) is 0 Å². The van der Waals surface area contributed by atoms with Crippen LogP contribution in [0.5, 0.6) is 0 Å². The summed E-state index contributed by atoms with van der Waals surface area (Å²) < 4.78 is 0. The fourth-order valence-electron chi connectivity index (χ4n) is 3.39. The third kappa shape index (κ3) is 3.44. The maximum Gasteiger partial charge on any atom is 0.325 e. The number of benzene rings is 2. The van der Waals surface area contributed by atoms with E-state index < -0.39 is 17.5 Å². The molecule has 0 aliphatic carbocycles. The van der Waals surface area contributed by atoms with Crippen molar-refractivity contribution in [3.8, 4) is 0 Å². The highest BCUT2D eigenvalue weighted by molar-refractivity contribution is 6.11. The smallest absolute Gasteiger partial charge is 0.319 e. The van der Waals surface area contributed by atoms with E-state index in [-0.39, 0.29) is 12.3 Å². The molecule has 5 heteroatoms. The van der Waals surface area contributed by atoms with E-state index >= 15 is 0 Å². The SMILES string of the molecule is Cc1ccc(C(=O)CN2C(=O)NC(C)(c3ccc(C(C)C)cc3)C2=O)cc1C. The van der Waals surface area contributed by atoms with Crippen molar-refractivity contribution in [1.29, 1.82) is 0 Å². The second-order valence-corrected chi connectivity index (χ2v) is 7.95. The van der Waals surface area contributed by atoms with Gasteiger partial charge in [-0.25, -0.2) is 4.79 Å². The van der Waals surface area contributed by atoms with Crippen LogP contribution in [0.2, 0.25) is 0 Å². The van der Waals surface area contributed by atoms with Gasteiger partial charge in [-0.05, 0) is 55.0 Å². The summed E-state index contributed by atoms with van der Waals surface area (Å²) in [5.41, 5.74) is 3.28. The van der Waals surface area contributed by atoms with Crippen molar-refractivity contribution in [2.45, 2.75) is 46.1 Å². The van der Waals surface area contributed by atoms with E-state index in [2.05, 4.69) is 19.2 Å². The molecule has 1 fully saturated rings. The van der Waals surface area contributed by atoms with Gasteiger partial charge in [-0.1, -0.05) is 50.2 Å². The lowest BCUT2D eigenvalue weighted by Gasteiger charge is -2.22. The molecule has 28 heavy (non-hydrogen) atoms. The van der Waals surface area contributed by atoms with Crippen LogP contribution in [0, 0.1) is 13.8 Å². The first-order valence-electron chi connectivity index (χ1n) is 9.48. The molecule has 0 radical (unpaired) electrons. The van der Waals surface area contributed by atoms with Crippen LogP contribution >= 0.6 is 0 Å². The Hall–Kier alpha value is -2.95. The highest BCUT2D eigenvalue weighted by atomic mass is 16.2. The minimum absolute atomic E-state index is 0.258. The first kappa shape index (κ1) is 19.8. The molecule has 1 aliphatic rings. The molecule has 2 aromatic rings. The van der Waals surface area contributed by atoms with Crippen molar-refractivity contribution in [1.82, 2.24) is 10.2 Å². The molecule has 3 rings (SSSR count). The monoisotopic (exact) mass is 378 g/mol. The zero-order valence-corrected chi connectivity index (χ0v) is 17.0. The molecule has 3 amide bonds. The van der Waals surface area contributed by atoms with Gasteiger partial charge in [-0.3, -0.25) is 14.5 Å². The number of Topliss-reactive ketones (excluding diaryl/α,β-unsaturated/α-hetero) is 1. The van der Waals surface area contributed by atoms with E-state index in [1.54, 1.807) is 19.1 Å². The molecular weight excluding hydrogens is 352 g/mol. The lowest BCUT2D eigenvalue weighted by Crippen LogP contribution is -2.41. The van der Waals surface area contributed by atoms with Crippen LogP contribution in [-0.2, 0) is 10.3 Å². The van der Waals surface area contributed by atoms with Gasteiger partial charge >= 0.3 is 6.03 Å². The minimum Gasteiger partial charge on any atom is -0.319 e. The lowest BCUT2D eigenvalue weighted by molar-refractivity contribution is -0.130. The van der Waals surface area contributed by atoms with Gasteiger partial charge in [0.2, 0.25) is 0 Å². The van der Waals surface area contributed by atoms with E-state index in [4.69, 9.17) is 0 Å². The van der Waals surface area contributed by atoms with Crippen molar-refractivity contribution in [2.24, 2.45) is 0 Å². The number of imide groups is 1. The molecule has 1 saturated heterocycles. The highest BCUT2D eigenvalue weighted by Gasteiger charge is 2.49. The van der Waals surface area contributed by atoms with Gasteiger partial charge in [0, 0.05) is 5.56 Å². The summed E-state index contributed by atoms with van der Waals surface area (Å²) >= 11 is 0. The second kappa shape index (κ2) is 7.23. The van der Waals surface area contributed by atoms with Crippen LogP contribution in [0.15, 0.2) is 42.5 Å². The van der Waals surface area contributed by atoms with E-state index in [9.17, 15) is 14.4 Å². The Morgan fingerprint density at radius 3 is 2.25 bits per heavy atom. The molecule has 0 bridgehead atoms. The van der Waals surface area contributed by atoms with Crippen LogP contribution in [0.3, 0.4) is 0 Å². The number of hydrogen-bond acceptors (Lipinski definition) is 3. The summed E-state index contributed by atoms with van der Waals surface area (Å²) in [6.45, 7) is 9.50. The number of ketones is 1. The molecule has 0 spiro atoms. The normalized spacial score (nSPS) is 19.3. The van der Waals surface area contributed by atoms with Gasteiger partial charge in [0.1, 0.15) is 5.54 Å². The zero-order chi connectivity index (χ0) is 20.6. The first-order valence-corrected chi connectivity index (χ1v) is 9.48. The number of carbonyl (C=O) groups is 3. The molecule has 5 nitrogen and oxygen atoms in total. The largest absolute Gasteiger partial charge is 0.325 e. The van der Waals surface area contributed by atoms with Crippen molar-refractivity contribution in [3.63, 3.8) is 0 Å². The molecule has 146 valence electrons. The number of amides is 3. The third-order valence-corrected chi connectivity index (χ3v) is 5.56. The summed E-state index contributed by atoms with van der Waals surface area (Å²) in [4.78, 5) is 39.2. The molecule has 2 aromatic carbocycles. The predicted molar refractivity (Wildman–Crippen MR) is 108 cm³/mol.